The number of fused-ring (bicyclic) bond motifs is 1. The molecule has 3 fully saturated rings. The number of ether oxygens (including phenoxy) is 1. The van der Waals surface area contributed by atoms with Crippen molar-refractivity contribution in [3.63, 3.8) is 0 Å². The minimum atomic E-state index is -0.346. The lowest BCUT2D eigenvalue weighted by atomic mass is 9.66. The molecule has 4 nitrogen and oxygen atoms in total. The van der Waals surface area contributed by atoms with Crippen molar-refractivity contribution in [2.24, 2.45) is 5.92 Å². The molecule has 4 rings (SSSR count). The highest BCUT2D eigenvalue weighted by atomic mass is 16.5. The van der Waals surface area contributed by atoms with Crippen LogP contribution in [0.3, 0.4) is 0 Å². The molecule has 4 atom stereocenters. The second-order valence-corrected chi connectivity index (χ2v) is 8.25. The minimum absolute atomic E-state index is 0.220. The van der Waals surface area contributed by atoms with Gasteiger partial charge in [-0.15, -0.1) is 0 Å². The molecule has 1 aromatic rings. The van der Waals surface area contributed by atoms with Crippen LogP contribution in [0.15, 0.2) is 30.3 Å². The third-order valence-electron chi connectivity index (χ3n) is 6.71. The Labute approximate surface area is 150 Å². The third-order valence-corrected chi connectivity index (χ3v) is 6.71. The summed E-state index contributed by atoms with van der Waals surface area (Å²) in [6.45, 7) is 0.829. The summed E-state index contributed by atoms with van der Waals surface area (Å²) in [5.74, 6) is 0.716. The van der Waals surface area contributed by atoms with Crippen LogP contribution in [0.2, 0.25) is 0 Å². The molecule has 1 saturated heterocycles. The molecule has 0 unspecified atom stereocenters. The molecule has 1 N–H and O–H groups in total. The number of carbonyl (C=O) groups is 1. The SMILES string of the molecule is CN(C)[C@@H]1[C@@H](NC(=O)C2(c3ccccc3)CCCCC2)[C@H]2CCO[C@H]21. The molecule has 25 heavy (non-hydrogen) atoms. The lowest BCUT2D eigenvalue weighted by molar-refractivity contribution is -0.134. The van der Waals surface area contributed by atoms with Gasteiger partial charge in [-0.3, -0.25) is 4.79 Å². The zero-order chi connectivity index (χ0) is 17.4. The summed E-state index contributed by atoms with van der Waals surface area (Å²) in [5, 5.41) is 3.47. The second kappa shape index (κ2) is 6.73. The Morgan fingerprint density at radius 3 is 2.56 bits per heavy atom. The van der Waals surface area contributed by atoms with Gasteiger partial charge in [-0.1, -0.05) is 49.6 Å². The highest BCUT2D eigenvalue weighted by molar-refractivity contribution is 5.88. The Balaban J connectivity index is 1.57. The molecule has 0 aromatic heterocycles. The highest BCUT2D eigenvalue weighted by Gasteiger charge is 2.56. The maximum atomic E-state index is 13.5. The normalized spacial score (nSPS) is 33.6. The van der Waals surface area contributed by atoms with Gasteiger partial charge in [0.05, 0.1) is 23.6 Å². The van der Waals surface area contributed by atoms with E-state index in [0.29, 0.717) is 18.1 Å². The van der Waals surface area contributed by atoms with Gasteiger partial charge in [-0.25, -0.2) is 0 Å². The number of likely N-dealkylation sites (N-methyl/N-ethyl adjacent to an activating group) is 1. The molecule has 1 heterocycles. The smallest absolute Gasteiger partial charge is 0.230 e. The van der Waals surface area contributed by atoms with Crippen molar-refractivity contribution in [1.82, 2.24) is 10.2 Å². The van der Waals surface area contributed by atoms with Gasteiger partial charge in [0.15, 0.2) is 0 Å². The summed E-state index contributed by atoms with van der Waals surface area (Å²) in [6.07, 6.45) is 6.81. The Bertz CT molecular complexity index is 610. The maximum Gasteiger partial charge on any atom is 0.230 e. The van der Waals surface area contributed by atoms with Crippen molar-refractivity contribution in [3.8, 4) is 0 Å². The monoisotopic (exact) mass is 342 g/mol. The number of hydrogen-bond donors (Lipinski definition) is 1. The first kappa shape index (κ1) is 17.0. The fourth-order valence-corrected chi connectivity index (χ4v) is 5.33. The van der Waals surface area contributed by atoms with Crippen LogP contribution in [0.25, 0.3) is 0 Å². The third kappa shape index (κ3) is 2.80. The van der Waals surface area contributed by atoms with Crippen molar-refractivity contribution in [3.05, 3.63) is 35.9 Å². The Kier molecular flexibility index (Phi) is 4.59. The molecule has 3 aliphatic rings. The van der Waals surface area contributed by atoms with E-state index in [0.717, 1.165) is 38.7 Å². The summed E-state index contributed by atoms with van der Waals surface area (Å²) in [4.78, 5) is 15.7. The predicted molar refractivity (Wildman–Crippen MR) is 98.5 cm³/mol. The fourth-order valence-electron chi connectivity index (χ4n) is 5.33. The molecule has 1 amide bonds. The first-order valence-corrected chi connectivity index (χ1v) is 9.78. The van der Waals surface area contributed by atoms with E-state index in [1.165, 1.54) is 12.0 Å². The molecular weight excluding hydrogens is 312 g/mol. The van der Waals surface area contributed by atoms with Gasteiger partial charge in [-0.05, 0) is 38.9 Å². The van der Waals surface area contributed by atoms with E-state index >= 15 is 0 Å². The van der Waals surface area contributed by atoms with Gasteiger partial charge in [0.25, 0.3) is 0 Å². The van der Waals surface area contributed by atoms with E-state index in [1.807, 2.05) is 6.07 Å². The zero-order valence-corrected chi connectivity index (χ0v) is 15.4. The summed E-state index contributed by atoms with van der Waals surface area (Å²) in [6, 6.07) is 10.9. The van der Waals surface area contributed by atoms with Crippen molar-refractivity contribution in [1.29, 1.82) is 0 Å². The van der Waals surface area contributed by atoms with E-state index in [-0.39, 0.29) is 17.4 Å². The largest absolute Gasteiger partial charge is 0.376 e. The number of hydrogen-bond acceptors (Lipinski definition) is 3. The number of amides is 1. The minimum Gasteiger partial charge on any atom is -0.376 e. The van der Waals surface area contributed by atoms with Crippen molar-refractivity contribution < 1.29 is 9.53 Å². The van der Waals surface area contributed by atoms with Crippen LogP contribution < -0.4 is 5.32 Å². The number of benzene rings is 1. The first-order valence-electron chi connectivity index (χ1n) is 9.78. The molecule has 1 aromatic carbocycles. The van der Waals surface area contributed by atoms with Gasteiger partial charge in [0, 0.05) is 12.5 Å². The zero-order valence-electron chi connectivity index (χ0n) is 15.4. The number of carbonyl (C=O) groups excluding carboxylic acids is 1. The summed E-state index contributed by atoms with van der Waals surface area (Å²) >= 11 is 0. The van der Waals surface area contributed by atoms with Crippen LogP contribution in [0.5, 0.6) is 0 Å². The van der Waals surface area contributed by atoms with E-state index < -0.39 is 0 Å². The molecule has 2 saturated carbocycles. The van der Waals surface area contributed by atoms with Gasteiger partial charge in [0.1, 0.15) is 0 Å². The van der Waals surface area contributed by atoms with Crippen molar-refractivity contribution in [2.45, 2.75) is 62.1 Å². The number of nitrogens with zero attached hydrogens (tertiary/aromatic N) is 1. The van der Waals surface area contributed by atoms with E-state index in [1.54, 1.807) is 0 Å². The number of rotatable bonds is 4. The van der Waals surface area contributed by atoms with Gasteiger partial charge >= 0.3 is 0 Å². The fraction of sp³-hybridized carbons (Fsp3) is 0.667. The Morgan fingerprint density at radius 1 is 1.16 bits per heavy atom. The van der Waals surface area contributed by atoms with Gasteiger partial charge < -0.3 is 15.0 Å². The van der Waals surface area contributed by atoms with Crippen LogP contribution in [0, 0.1) is 5.92 Å². The van der Waals surface area contributed by atoms with E-state index in [4.69, 9.17) is 4.74 Å². The van der Waals surface area contributed by atoms with Gasteiger partial charge in [-0.2, -0.15) is 0 Å². The topological polar surface area (TPSA) is 41.6 Å². The number of nitrogens with one attached hydrogen (secondary N) is 1. The first-order chi connectivity index (χ1) is 12.1. The molecule has 0 bridgehead atoms. The lowest BCUT2D eigenvalue weighted by Gasteiger charge is -2.52. The van der Waals surface area contributed by atoms with E-state index in [9.17, 15) is 4.79 Å². The van der Waals surface area contributed by atoms with Gasteiger partial charge in [0.2, 0.25) is 5.91 Å². The predicted octanol–water partition coefficient (Wildman–Crippen LogP) is 2.72. The molecule has 1 aliphatic heterocycles. The molecule has 0 radical (unpaired) electrons. The van der Waals surface area contributed by atoms with Crippen LogP contribution in [-0.4, -0.2) is 49.7 Å². The van der Waals surface area contributed by atoms with Crippen LogP contribution in [0.4, 0.5) is 0 Å². The molecule has 136 valence electrons. The van der Waals surface area contributed by atoms with Crippen LogP contribution in [-0.2, 0) is 14.9 Å². The van der Waals surface area contributed by atoms with Crippen molar-refractivity contribution >= 4 is 5.91 Å². The highest BCUT2D eigenvalue weighted by Crippen LogP contribution is 2.44. The average Bonchev–Trinajstić information content (AvgIpc) is 3.04. The Hall–Kier alpha value is -1.39. The quantitative estimate of drug-likeness (QED) is 0.915. The summed E-state index contributed by atoms with van der Waals surface area (Å²) in [5.41, 5.74) is 0.841. The lowest BCUT2D eigenvalue weighted by Crippen LogP contribution is -2.71. The molecule has 0 spiro atoms. The molecule has 4 heteroatoms. The summed E-state index contributed by atoms with van der Waals surface area (Å²) < 4.78 is 5.90. The molecular formula is C21H30N2O2. The van der Waals surface area contributed by atoms with Crippen molar-refractivity contribution in [2.75, 3.05) is 20.7 Å². The van der Waals surface area contributed by atoms with E-state index in [2.05, 4.69) is 48.6 Å². The summed E-state index contributed by atoms with van der Waals surface area (Å²) in [7, 11) is 4.19. The standard InChI is InChI=1S/C21H30N2O2/c1-23(2)18-17(16-11-14-25-19(16)18)22-20(24)21(12-7-4-8-13-21)15-9-5-3-6-10-15/h3,5-6,9-10,16-19H,4,7-8,11-14H2,1-2H3,(H,22,24)/t16-,17+,18-,19-/m1/s1. The van der Waals surface area contributed by atoms with Crippen LogP contribution in [0.1, 0.15) is 44.1 Å². The average molecular weight is 342 g/mol. The second-order valence-electron chi connectivity index (χ2n) is 8.25. The Morgan fingerprint density at radius 2 is 1.88 bits per heavy atom. The molecule has 2 aliphatic carbocycles. The van der Waals surface area contributed by atoms with Crippen LogP contribution >= 0.6 is 0 Å². The maximum absolute atomic E-state index is 13.5.